The fourth-order valence-corrected chi connectivity index (χ4v) is 2.21. The molecule has 0 saturated heterocycles. The molecule has 10 heteroatoms. The number of aromatic nitrogens is 1. The maximum absolute atomic E-state index is 12.6. The molecule has 1 aromatic carbocycles. The summed E-state index contributed by atoms with van der Waals surface area (Å²) < 4.78 is 65.9. The van der Waals surface area contributed by atoms with Crippen molar-refractivity contribution in [2.75, 3.05) is 5.73 Å². The highest BCUT2D eigenvalue weighted by molar-refractivity contribution is 7.89. The van der Waals surface area contributed by atoms with E-state index in [4.69, 9.17) is 15.6 Å². The van der Waals surface area contributed by atoms with Crippen LogP contribution in [0.25, 0.3) is 0 Å². The smallest absolute Gasteiger partial charge is 0.416 e. The molecular weight excluding hydrogens is 323 g/mol. The zero-order chi connectivity index (χ0) is 16.5. The van der Waals surface area contributed by atoms with Crippen molar-refractivity contribution >= 4 is 15.7 Å². The summed E-state index contributed by atoms with van der Waals surface area (Å²) >= 11 is 0. The van der Waals surface area contributed by atoms with E-state index in [0.717, 1.165) is 24.4 Å². The van der Waals surface area contributed by atoms with E-state index in [1.165, 1.54) is 6.07 Å². The van der Waals surface area contributed by atoms with Crippen LogP contribution in [-0.4, -0.2) is 13.4 Å². The van der Waals surface area contributed by atoms with Gasteiger partial charge in [-0.3, -0.25) is 0 Å². The molecule has 2 aromatic rings. The van der Waals surface area contributed by atoms with Gasteiger partial charge < -0.3 is 10.5 Å². The van der Waals surface area contributed by atoms with Gasteiger partial charge in [0.25, 0.3) is 0 Å². The number of primary sulfonamides is 1. The molecule has 4 N–H and O–H groups in total. The summed E-state index contributed by atoms with van der Waals surface area (Å²) in [5.41, 5.74) is 4.48. The third-order valence-corrected chi connectivity index (χ3v) is 3.43. The number of nitrogen functional groups attached to an aromatic ring is 1. The molecule has 0 radical (unpaired) electrons. The van der Waals surface area contributed by atoms with Crippen LogP contribution >= 0.6 is 0 Å². The number of nitrogens with two attached hydrogens (primary N) is 2. The fraction of sp³-hybridized carbons (Fsp3) is 0.0833. The molecule has 1 heterocycles. The van der Waals surface area contributed by atoms with Gasteiger partial charge in [0.2, 0.25) is 15.9 Å². The summed E-state index contributed by atoms with van der Waals surface area (Å²) in [6.07, 6.45) is -3.46. The van der Waals surface area contributed by atoms with Gasteiger partial charge in [0.05, 0.1) is 17.4 Å². The van der Waals surface area contributed by atoms with Crippen molar-refractivity contribution in [3.63, 3.8) is 0 Å². The Morgan fingerprint density at radius 3 is 2.45 bits per heavy atom. The summed E-state index contributed by atoms with van der Waals surface area (Å²) in [5.74, 6) is -0.701. The van der Waals surface area contributed by atoms with E-state index in [0.29, 0.717) is 6.07 Å². The van der Waals surface area contributed by atoms with Gasteiger partial charge in [0.1, 0.15) is 10.6 Å². The van der Waals surface area contributed by atoms with Crippen LogP contribution in [0.5, 0.6) is 11.6 Å². The predicted molar refractivity (Wildman–Crippen MR) is 71.5 cm³/mol. The van der Waals surface area contributed by atoms with E-state index < -0.39 is 32.5 Å². The molecule has 0 aliphatic heterocycles. The van der Waals surface area contributed by atoms with Crippen molar-refractivity contribution < 1.29 is 26.3 Å². The van der Waals surface area contributed by atoms with E-state index >= 15 is 0 Å². The van der Waals surface area contributed by atoms with Crippen LogP contribution in [0.3, 0.4) is 0 Å². The standard InChI is InChI=1S/C12H10F3N3O3S/c13-12(14,15)7-2-1-3-9(4-7)21-11-10(22(17,19)20)5-8(16)6-18-11/h1-6H,16H2,(H2,17,19,20). The van der Waals surface area contributed by atoms with E-state index in [1.54, 1.807) is 0 Å². The van der Waals surface area contributed by atoms with Crippen LogP contribution in [0.15, 0.2) is 41.4 Å². The Bertz CT molecular complexity index is 807. The quantitative estimate of drug-likeness (QED) is 0.894. The first-order valence-corrected chi connectivity index (χ1v) is 7.25. The zero-order valence-electron chi connectivity index (χ0n) is 10.8. The molecule has 0 atom stereocenters. The number of benzene rings is 1. The van der Waals surface area contributed by atoms with Crippen LogP contribution in [0.2, 0.25) is 0 Å². The average molecular weight is 333 g/mol. The second kappa shape index (κ2) is 5.46. The molecule has 0 saturated carbocycles. The normalized spacial score (nSPS) is 12.2. The topological polar surface area (TPSA) is 108 Å². The number of pyridine rings is 1. The van der Waals surface area contributed by atoms with Gasteiger partial charge >= 0.3 is 6.18 Å². The Labute approximate surface area is 123 Å². The van der Waals surface area contributed by atoms with E-state index in [9.17, 15) is 21.6 Å². The maximum Gasteiger partial charge on any atom is 0.416 e. The molecule has 22 heavy (non-hydrogen) atoms. The Hall–Kier alpha value is -2.33. The Morgan fingerprint density at radius 1 is 1.18 bits per heavy atom. The first kappa shape index (κ1) is 16.0. The SMILES string of the molecule is Nc1cnc(Oc2cccc(C(F)(F)F)c2)c(S(N)(=O)=O)c1. The molecule has 0 unspecified atom stereocenters. The van der Waals surface area contributed by atoms with Gasteiger partial charge in [0.15, 0.2) is 0 Å². The highest BCUT2D eigenvalue weighted by atomic mass is 32.2. The number of alkyl halides is 3. The van der Waals surface area contributed by atoms with Crippen molar-refractivity contribution in [1.82, 2.24) is 4.98 Å². The number of ether oxygens (including phenoxy) is 1. The maximum atomic E-state index is 12.6. The second-order valence-corrected chi connectivity index (χ2v) is 5.77. The first-order valence-electron chi connectivity index (χ1n) is 5.71. The minimum Gasteiger partial charge on any atom is -0.438 e. The lowest BCUT2D eigenvalue weighted by atomic mass is 10.2. The first-order chi connectivity index (χ1) is 10.1. The van der Waals surface area contributed by atoms with Gasteiger partial charge in [0, 0.05) is 0 Å². The lowest BCUT2D eigenvalue weighted by molar-refractivity contribution is -0.137. The Balaban J connectivity index is 2.44. The average Bonchev–Trinajstić information content (AvgIpc) is 2.39. The number of halogens is 3. The zero-order valence-corrected chi connectivity index (χ0v) is 11.6. The summed E-state index contributed by atoms with van der Waals surface area (Å²) in [7, 11) is -4.20. The molecule has 1 aromatic heterocycles. The van der Waals surface area contributed by atoms with Crippen molar-refractivity contribution in [3.05, 3.63) is 42.1 Å². The molecule has 0 fully saturated rings. The third kappa shape index (κ3) is 3.65. The molecule has 0 bridgehead atoms. The summed E-state index contributed by atoms with van der Waals surface area (Å²) in [4.78, 5) is 3.12. The van der Waals surface area contributed by atoms with Crippen molar-refractivity contribution in [1.29, 1.82) is 0 Å². The molecule has 0 amide bonds. The molecule has 2 rings (SSSR count). The number of anilines is 1. The second-order valence-electron chi connectivity index (χ2n) is 4.24. The van der Waals surface area contributed by atoms with Crippen LogP contribution in [0.4, 0.5) is 18.9 Å². The fourth-order valence-electron chi connectivity index (χ4n) is 1.58. The molecular formula is C12H10F3N3O3S. The minimum absolute atomic E-state index is 0.0143. The number of hydrogen-bond acceptors (Lipinski definition) is 5. The van der Waals surface area contributed by atoms with Crippen LogP contribution in [-0.2, 0) is 16.2 Å². The predicted octanol–water partition coefficient (Wildman–Crippen LogP) is 2.12. The van der Waals surface area contributed by atoms with Crippen molar-refractivity contribution in [3.8, 4) is 11.6 Å². The van der Waals surface area contributed by atoms with E-state index in [2.05, 4.69) is 4.98 Å². The lowest BCUT2D eigenvalue weighted by Crippen LogP contribution is -2.14. The summed E-state index contributed by atoms with van der Waals surface area (Å²) in [6, 6.07) is 4.91. The number of sulfonamides is 1. The van der Waals surface area contributed by atoms with E-state index in [-0.39, 0.29) is 11.4 Å². The third-order valence-electron chi connectivity index (χ3n) is 2.52. The summed E-state index contributed by atoms with van der Waals surface area (Å²) in [6.45, 7) is 0. The highest BCUT2D eigenvalue weighted by Crippen LogP contribution is 2.33. The van der Waals surface area contributed by atoms with Crippen molar-refractivity contribution in [2.24, 2.45) is 5.14 Å². The van der Waals surface area contributed by atoms with Gasteiger partial charge in [-0.1, -0.05) is 6.07 Å². The lowest BCUT2D eigenvalue weighted by Gasteiger charge is -2.11. The molecule has 6 nitrogen and oxygen atoms in total. The van der Waals surface area contributed by atoms with Gasteiger partial charge in [-0.15, -0.1) is 0 Å². The van der Waals surface area contributed by atoms with Crippen molar-refractivity contribution in [2.45, 2.75) is 11.1 Å². The van der Waals surface area contributed by atoms with Gasteiger partial charge in [-0.2, -0.15) is 13.2 Å². The largest absolute Gasteiger partial charge is 0.438 e. The molecule has 0 aliphatic rings. The molecule has 0 spiro atoms. The van der Waals surface area contributed by atoms with Gasteiger partial charge in [-0.05, 0) is 24.3 Å². The number of nitrogens with zero attached hydrogens (tertiary/aromatic N) is 1. The van der Waals surface area contributed by atoms with Crippen LogP contribution in [0.1, 0.15) is 5.56 Å². The van der Waals surface area contributed by atoms with Crippen LogP contribution in [0, 0.1) is 0 Å². The highest BCUT2D eigenvalue weighted by Gasteiger charge is 2.30. The summed E-state index contributed by atoms with van der Waals surface area (Å²) in [5, 5.41) is 5.00. The monoisotopic (exact) mass is 333 g/mol. The molecule has 0 aliphatic carbocycles. The minimum atomic E-state index is -4.56. The van der Waals surface area contributed by atoms with Crippen LogP contribution < -0.4 is 15.6 Å². The Kier molecular flexibility index (Phi) is 3.98. The van der Waals surface area contributed by atoms with Gasteiger partial charge in [-0.25, -0.2) is 18.5 Å². The number of hydrogen-bond donors (Lipinski definition) is 2. The molecule has 118 valence electrons. The Morgan fingerprint density at radius 2 is 1.86 bits per heavy atom. The van der Waals surface area contributed by atoms with E-state index in [1.807, 2.05) is 0 Å². The number of rotatable bonds is 3.